The van der Waals surface area contributed by atoms with Crippen molar-refractivity contribution in [3.05, 3.63) is 0 Å². The summed E-state index contributed by atoms with van der Waals surface area (Å²) in [6.07, 6.45) is 8.94. The standard InChI is InChI=1S/C13H19NO3/c1-3-5-6-7-11(13(16)17)14-9-10(4-2)8-12(14)15/h2,10-11H,3,5-9H2,1H3,(H,16,17)/t10?,11-/m0/s1. The van der Waals surface area contributed by atoms with Crippen molar-refractivity contribution >= 4 is 11.9 Å². The molecule has 0 aromatic rings. The molecule has 0 spiro atoms. The Hall–Kier alpha value is -1.50. The number of rotatable bonds is 6. The van der Waals surface area contributed by atoms with Crippen LogP contribution in [0.3, 0.4) is 0 Å². The Labute approximate surface area is 102 Å². The van der Waals surface area contributed by atoms with Gasteiger partial charge >= 0.3 is 5.97 Å². The molecular formula is C13H19NO3. The molecule has 4 nitrogen and oxygen atoms in total. The molecule has 0 saturated carbocycles. The third-order valence-electron chi connectivity index (χ3n) is 3.14. The van der Waals surface area contributed by atoms with Crippen LogP contribution in [-0.4, -0.2) is 34.5 Å². The highest BCUT2D eigenvalue weighted by molar-refractivity contribution is 5.85. The molecule has 17 heavy (non-hydrogen) atoms. The number of likely N-dealkylation sites (tertiary alicyclic amines) is 1. The van der Waals surface area contributed by atoms with Crippen LogP contribution in [0.1, 0.15) is 39.0 Å². The van der Waals surface area contributed by atoms with E-state index in [2.05, 4.69) is 12.8 Å². The minimum atomic E-state index is -0.924. The van der Waals surface area contributed by atoms with Gasteiger partial charge in [0.2, 0.25) is 5.91 Å². The fourth-order valence-corrected chi connectivity index (χ4v) is 2.14. The van der Waals surface area contributed by atoms with Gasteiger partial charge < -0.3 is 10.0 Å². The summed E-state index contributed by atoms with van der Waals surface area (Å²) < 4.78 is 0. The van der Waals surface area contributed by atoms with Gasteiger partial charge in [-0.15, -0.1) is 12.3 Å². The summed E-state index contributed by atoms with van der Waals surface area (Å²) in [5, 5.41) is 9.16. The van der Waals surface area contributed by atoms with Gasteiger partial charge in [-0.2, -0.15) is 0 Å². The lowest BCUT2D eigenvalue weighted by Crippen LogP contribution is -2.42. The fraction of sp³-hybridized carbons (Fsp3) is 0.692. The van der Waals surface area contributed by atoms with Crippen LogP contribution >= 0.6 is 0 Å². The molecule has 0 aromatic heterocycles. The van der Waals surface area contributed by atoms with E-state index in [0.717, 1.165) is 19.3 Å². The summed E-state index contributed by atoms with van der Waals surface area (Å²) in [5.41, 5.74) is 0. The van der Waals surface area contributed by atoms with Gasteiger partial charge in [-0.1, -0.05) is 26.2 Å². The average Bonchev–Trinajstić information content (AvgIpc) is 2.65. The Morgan fingerprint density at radius 3 is 2.82 bits per heavy atom. The third kappa shape index (κ3) is 3.48. The first-order chi connectivity index (χ1) is 8.10. The van der Waals surface area contributed by atoms with Gasteiger partial charge in [0.05, 0.1) is 0 Å². The summed E-state index contributed by atoms with van der Waals surface area (Å²) in [7, 11) is 0. The highest BCUT2D eigenvalue weighted by atomic mass is 16.4. The van der Waals surface area contributed by atoms with Crippen LogP contribution in [0, 0.1) is 18.3 Å². The first-order valence-corrected chi connectivity index (χ1v) is 6.08. The normalized spacial score (nSPS) is 21.3. The number of carboxylic acids is 1. The van der Waals surface area contributed by atoms with Crippen molar-refractivity contribution in [1.29, 1.82) is 0 Å². The molecule has 0 bridgehead atoms. The summed E-state index contributed by atoms with van der Waals surface area (Å²) in [5.74, 6) is 1.35. The van der Waals surface area contributed by atoms with E-state index in [4.69, 9.17) is 11.5 Å². The van der Waals surface area contributed by atoms with Gasteiger partial charge in [0.25, 0.3) is 0 Å². The lowest BCUT2D eigenvalue weighted by Gasteiger charge is -2.24. The van der Waals surface area contributed by atoms with Gasteiger partial charge in [-0.05, 0) is 6.42 Å². The number of nitrogens with zero attached hydrogens (tertiary/aromatic N) is 1. The first-order valence-electron chi connectivity index (χ1n) is 6.08. The third-order valence-corrected chi connectivity index (χ3v) is 3.14. The number of carbonyl (C=O) groups excluding carboxylic acids is 1. The fourth-order valence-electron chi connectivity index (χ4n) is 2.14. The number of carbonyl (C=O) groups is 2. The zero-order valence-electron chi connectivity index (χ0n) is 10.2. The monoisotopic (exact) mass is 237 g/mol. The Morgan fingerprint density at radius 1 is 1.65 bits per heavy atom. The molecule has 0 aliphatic carbocycles. The van der Waals surface area contributed by atoms with E-state index in [0.29, 0.717) is 13.0 Å². The van der Waals surface area contributed by atoms with E-state index in [-0.39, 0.29) is 18.2 Å². The van der Waals surface area contributed by atoms with Crippen molar-refractivity contribution < 1.29 is 14.7 Å². The zero-order chi connectivity index (χ0) is 12.8. The summed E-state index contributed by atoms with van der Waals surface area (Å²) in [4.78, 5) is 24.3. The first kappa shape index (κ1) is 13.6. The van der Waals surface area contributed by atoms with E-state index < -0.39 is 12.0 Å². The molecule has 0 aromatic carbocycles. The van der Waals surface area contributed by atoms with Crippen LogP contribution in [0.2, 0.25) is 0 Å². The van der Waals surface area contributed by atoms with Crippen molar-refractivity contribution in [3.8, 4) is 12.3 Å². The number of unbranched alkanes of at least 4 members (excludes halogenated alkanes) is 2. The minimum absolute atomic E-state index is 0.128. The van der Waals surface area contributed by atoms with Crippen LogP contribution < -0.4 is 0 Å². The van der Waals surface area contributed by atoms with E-state index in [1.807, 2.05) is 0 Å². The van der Waals surface area contributed by atoms with Crippen LogP contribution in [-0.2, 0) is 9.59 Å². The molecule has 1 unspecified atom stereocenters. The predicted octanol–water partition coefficient (Wildman–Crippen LogP) is 1.50. The molecule has 1 amide bonds. The minimum Gasteiger partial charge on any atom is -0.480 e. The molecule has 1 saturated heterocycles. The van der Waals surface area contributed by atoms with Crippen molar-refractivity contribution in [2.75, 3.05) is 6.54 Å². The van der Waals surface area contributed by atoms with Gasteiger partial charge in [-0.25, -0.2) is 4.79 Å². The van der Waals surface area contributed by atoms with E-state index >= 15 is 0 Å². The molecule has 94 valence electrons. The highest BCUT2D eigenvalue weighted by Crippen LogP contribution is 2.22. The van der Waals surface area contributed by atoms with E-state index in [9.17, 15) is 9.59 Å². The Balaban J connectivity index is 2.62. The number of terminal acetylenes is 1. The SMILES string of the molecule is C#CC1CC(=O)N([C@@H](CCCCC)C(=O)O)C1. The summed E-state index contributed by atoms with van der Waals surface area (Å²) in [6.45, 7) is 2.45. The largest absolute Gasteiger partial charge is 0.480 e. The average molecular weight is 237 g/mol. The van der Waals surface area contributed by atoms with Crippen LogP contribution in [0.4, 0.5) is 0 Å². The molecule has 1 aliphatic rings. The van der Waals surface area contributed by atoms with Crippen molar-refractivity contribution in [3.63, 3.8) is 0 Å². The highest BCUT2D eigenvalue weighted by Gasteiger charge is 2.36. The topological polar surface area (TPSA) is 57.6 Å². The van der Waals surface area contributed by atoms with Gasteiger partial charge in [0.15, 0.2) is 0 Å². The number of amides is 1. The molecule has 4 heteroatoms. The van der Waals surface area contributed by atoms with E-state index in [1.165, 1.54) is 4.90 Å². The number of carboxylic acid groups (broad SMARTS) is 1. The van der Waals surface area contributed by atoms with Crippen molar-refractivity contribution in [2.45, 2.75) is 45.1 Å². The van der Waals surface area contributed by atoms with Gasteiger partial charge in [0, 0.05) is 18.9 Å². The van der Waals surface area contributed by atoms with Crippen molar-refractivity contribution in [2.24, 2.45) is 5.92 Å². The smallest absolute Gasteiger partial charge is 0.326 e. The number of hydrogen-bond donors (Lipinski definition) is 1. The molecular weight excluding hydrogens is 218 g/mol. The molecule has 1 heterocycles. The second kappa shape index (κ2) is 6.29. The van der Waals surface area contributed by atoms with Crippen LogP contribution in [0.5, 0.6) is 0 Å². The molecule has 1 fully saturated rings. The molecule has 1 rings (SSSR count). The van der Waals surface area contributed by atoms with Crippen LogP contribution in [0.15, 0.2) is 0 Å². The second-order valence-corrected chi connectivity index (χ2v) is 4.46. The molecule has 1 aliphatic heterocycles. The Bertz CT molecular complexity index is 332. The number of hydrogen-bond acceptors (Lipinski definition) is 2. The number of aliphatic carboxylic acids is 1. The Kier molecular flexibility index (Phi) is 5.02. The predicted molar refractivity (Wildman–Crippen MR) is 64.2 cm³/mol. The van der Waals surface area contributed by atoms with Crippen molar-refractivity contribution in [1.82, 2.24) is 4.90 Å². The van der Waals surface area contributed by atoms with Gasteiger partial charge in [0.1, 0.15) is 6.04 Å². The lowest BCUT2D eigenvalue weighted by atomic mass is 10.1. The Morgan fingerprint density at radius 2 is 2.35 bits per heavy atom. The van der Waals surface area contributed by atoms with Crippen LogP contribution in [0.25, 0.3) is 0 Å². The molecule has 1 N–H and O–H groups in total. The summed E-state index contributed by atoms with van der Waals surface area (Å²) in [6, 6.07) is -0.701. The maximum Gasteiger partial charge on any atom is 0.326 e. The summed E-state index contributed by atoms with van der Waals surface area (Å²) >= 11 is 0. The lowest BCUT2D eigenvalue weighted by molar-refractivity contribution is -0.148. The maximum absolute atomic E-state index is 11.7. The molecule has 2 atom stereocenters. The second-order valence-electron chi connectivity index (χ2n) is 4.46. The quantitative estimate of drug-likeness (QED) is 0.562. The van der Waals surface area contributed by atoms with Gasteiger partial charge in [-0.3, -0.25) is 4.79 Å². The zero-order valence-corrected chi connectivity index (χ0v) is 10.2. The maximum atomic E-state index is 11.7. The van der Waals surface area contributed by atoms with E-state index in [1.54, 1.807) is 0 Å². The molecule has 0 radical (unpaired) electrons.